The van der Waals surface area contributed by atoms with Gasteiger partial charge in [-0.05, 0) is 57.3 Å². The maximum absolute atomic E-state index is 13.3. The van der Waals surface area contributed by atoms with E-state index >= 15 is 0 Å². The average Bonchev–Trinajstić information content (AvgIpc) is 2.86. The van der Waals surface area contributed by atoms with Gasteiger partial charge < -0.3 is 9.64 Å². The Labute approximate surface area is 136 Å². The van der Waals surface area contributed by atoms with Crippen molar-refractivity contribution in [2.45, 2.75) is 85.5 Å². The first kappa shape index (κ1) is 17.8. The van der Waals surface area contributed by atoms with Crippen molar-refractivity contribution in [3.05, 3.63) is 0 Å². The van der Waals surface area contributed by atoms with Gasteiger partial charge in [0, 0.05) is 18.5 Å². The van der Waals surface area contributed by atoms with Crippen molar-refractivity contribution < 1.29 is 9.53 Å². The molecule has 0 aliphatic carbocycles. The molecule has 2 saturated heterocycles. The number of likely N-dealkylation sites (tertiary alicyclic amines) is 1. The number of hydrogen-bond acceptors (Lipinski definition) is 2. The molecule has 0 saturated carbocycles. The predicted molar refractivity (Wildman–Crippen MR) is 90.6 cm³/mol. The fourth-order valence-corrected chi connectivity index (χ4v) is 4.73. The van der Waals surface area contributed by atoms with Crippen LogP contribution in [-0.2, 0) is 9.53 Å². The first-order valence-electron chi connectivity index (χ1n) is 9.27. The Morgan fingerprint density at radius 3 is 2.18 bits per heavy atom. The Bertz CT molecular complexity index is 370. The fraction of sp³-hybridized carbons (Fsp3) is 0.947. The van der Waals surface area contributed by atoms with Crippen LogP contribution in [0.3, 0.4) is 0 Å². The molecule has 2 aliphatic heterocycles. The smallest absolute Gasteiger partial charge is 0.226 e. The molecular weight excluding hydrogens is 274 g/mol. The second-order valence-electron chi connectivity index (χ2n) is 8.24. The molecule has 3 nitrogen and oxygen atoms in total. The Balaban J connectivity index is 2.15. The molecule has 2 aliphatic rings. The lowest BCUT2D eigenvalue weighted by molar-refractivity contribution is -0.145. The van der Waals surface area contributed by atoms with Crippen molar-refractivity contribution in [1.82, 2.24) is 4.90 Å². The van der Waals surface area contributed by atoms with Crippen LogP contribution in [0.2, 0.25) is 0 Å². The molecule has 0 spiro atoms. The van der Waals surface area contributed by atoms with Crippen LogP contribution in [0.15, 0.2) is 0 Å². The summed E-state index contributed by atoms with van der Waals surface area (Å²) in [5.41, 5.74) is 0. The van der Waals surface area contributed by atoms with E-state index in [0.717, 1.165) is 19.4 Å². The molecule has 0 aromatic carbocycles. The summed E-state index contributed by atoms with van der Waals surface area (Å²) in [6.07, 6.45) is 4.96. The number of hydrogen-bond donors (Lipinski definition) is 0. The molecule has 0 aromatic heterocycles. The van der Waals surface area contributed by atoms with Gasteiger partial charge in [-0.1, -0.05) is 27.7 Å². The molecule has 2 heterocycles. The molecule has 3 unspecified atom stereocenters. The molecule has 2 fully saturated rings. The van der Waals surface area contributed by atoms with E-state index in [9.17, 15) is 4.79 Å². The van der Waals surface area contributed by atoms with Gasteiger partial charge in [0.05, 0.1) is 12.2 Å². The lowest BCUT2D eigenvalue weighted by atomic mass is 9.75. The van der Waals surface area contributed by atoms with E-state index in [1.165, 1.54) is 12.8 Å². The number of carbonyl (C=O) groups is 1. The van der Waals surface area contributed by atoms with Crippen LogP contribution < -0.4 is 0 Å². The summed E-state index contributed by atoms with van der Waals surface area (Å²) in [5, 5.41) is 0. The van der Waals surface area contributed by atoms with E-state index in [-0.39, 0.29) is 18.1 Å². The van der Waals surface area contributed by atoms with E-state index in [1.54, 1.807) is 0 Å². The lowest BCUT2D eigenvalue weighted by Gasteiger charge is -2.40. The fourth-order valence-electron chi connectivity index (χ4n) is 4.73. The minimum absolute atomic E-state index is 0.160. The molecule has 2 rings (SSSR count). The molecule has 4 atom stereocenters. The largest absolute Gasteiger partial charge is 0.376 e. The van der Waals surface area contributed by atoms with Crippen molar-refractivity contribution >= 4 is 5.91 Å². The second kappa shape index (κ2) is 7.33. The second-order valence-corrected chi connectivity index (χ2v) is 8.24. The quantitative estimate of drug-likeness (QED) is 0.782. The Kier molecular flexibility index (Phi) is 5.93. The summed E-state index contributed by atoms with van der Waals surface area (Å²) in [6, 6.07) is 0.448. The minimum atomic E-state index is 0.160. The summed E-state index contributed by atoms with van der Waals surface area (Å²) in [5.74, 6) is 2.01. The summed E-state index contributed by atoms with van der Waals surface area (Å²) >= 11 is 0. The van der Waals surface area contributed by atoms with Gasteiger partial charge in [0.1, 0.15) is 0 Å². The molecular formula is C19H35NO2. The number of carbonyl (C=O) groups excluding carboxylic acids is 1. The normalized spacial score (nSPS) is 34.5. The zero-order valence-electron chi connectivity index (χ0n) is 15.3. The summed E-state index contributed by atoms with van der Waals surface area (Å²) < 4.78 is 5.89. The van der Waals surface area contributed by atoms with Gasteiger partial charge in [-0.3, -0.25) is 4.79 Å². The molecule has 22 heavy (non-hydrogen) atoms. The van der Waals surface area contributed by atoms with Crippen LogP contribution in [0.4, 0.5) is 0 Å². The maximum atomic E-state index is 13.3. The molecule has 0 radical (unpaired) electrons. The van der Waals surface area contributed by atoms with Gasteiger partial charge in [0.2, 0.25) is 5.91 Å². The topological polar surface area (TPSA) is 29.5 Å². The summed E-state index contributed by atoms with van der Waals surface area (Å²) in [6.45, 7) is 14.2. The predicted octanol–water partition coefficient (Wildman–Crippen LogP) is 4.11. The summed E-state index contributed by atoms with van der Waals surface area (Å²) in [7, 11) is 0. The Morgan fingerprint density at radius 2 is 1.68 bits per heavy atom. The first-order chi connectivity index (χ1) is 10.3. The number of rotatable bonds is 4. The van der Waals surface area contributed by atoms with Crippen molar-refractivity contribution in [2.24, 2.45) is 23.7 Å². The van der Waals surface area contributed by atoms with Crippen molar-refractivity contribution in [1.29, 1.82) is 0 Å². The minimum Gasteiger partial charge on any atom is -0.376 e. The third kappa shape index (κ3) is 3.84. The maximum Gasteiger partial charge on any atom is 0.226 e. The third-order valence-corrected chi connectivity index (χ3v) is 5.60. The third-order valence-electron chi connectivity index (χ3n) is 5.60. The highest BCUT2D eigenvalue weighted by Gasteiger charge is 2.41. The molecule has 1 amide bonds. The first-order valence-corrected chi connectivity index (χ1v) is 9.27. The van der Waals surface area contributed by atoms with E-state index in [1.807, 2.05) is 0 Å². The Morgan fingerprint density at radius 1 is 1.09 bits per heavy atom. The van der Waals surface area contributed by atoms with E-state index in [2.05, 4.69) is 46.4 Å². The monoisotopic (exact) mass is 309 g/mol. The zero-order chi connectivity index (χ0) is 16.4. The molecule has 0 N–H and O–H groups in total. The number of ether oxygens (including phenoxy) is 1. The molecule has 0 bridgehead atoms. The highest BCUT2D eigenvalue weighted by Crippen LogP contribution is 2.37. The summed E-state index contributed by atoms with van der Waals surface area (Å²) in [4.78, 5) is 15.5. The van der Waals surface area contributed by atoms with Gasteiger partial charge in [0.15, 0.2) is 0 Å². The van der Waals surface area contributed by atoms with Gasteiger partial charge in [-0.2, -0.15) is 0 Å². The lowest BCUT2D eigenvalue weighted by Crippen LogP contribution is -2.47. The van der Waals surface area contributed by atoms with Gasteiger partial charge in [-0.15, -0.1) is 0 Å². The van der Waals surface area contributed by atoms with Gasteiger partial charge in [0.25, 0.3) is 0 Å². The van der Waals surface area contributed by atoms with Crippen LogP contribution in [0, 0.1) is 23.7 Å². The van der Waals surface area contributed by atoms with Crippen LogP contribution in [0.5, 0.6) is 0 Å². The van der Waals surface area contributed by atoms with Gasteiger partial charge in [-0.25, -0.2) is 0 Å². The van der Waals surface area contributed by atoms with Crippen molar-refractivity contribution in [3.63, 3.8) is 0 Å². The van der Waals surface area contributed by atoms with E-state index < -0.39 is 0 Å². The van der Waals surface area contributed by atoms with Gasteiger partial charge >= 0.3 is 0 Å². The number of nitrogens with zero attached hydrogens (tertiary/aromatic N) is 1. The van der Waals surface area contributed by atoms with Crippen LogP contribution in [-0.4, -0.2) is 35.6 Å². The van der Waals surface area contributed by atoms with Crippen LogP contribution >= 0.6 is 0 Å². The number of amides is 1. The van der Waals surface area contributed by atoms with E-state index in [0.29, 0.717) is 29.7 Å². The van der Waals surface area contributed by atoms with Crippen LogP contribution in [0.1, 0.15) is 67.2 Å². The van der Waals surface area contributed by atoms with Crippen molar-refractivity contribution in [2.75, 3.05) is 6.54 Å². The SMILES string of the molecule is CC1CC(C(C(=O)N2CCC[C@H]2C(C)C)C(C)C)CC(C)O1. The highest BCUT2D eigenvalue weighted by molar-refractivity contribution is 5.80. The van der Waals surface area contributed by atoms with Crippen molar-refractivity contribution in [3.8, 4) is 0 Å². The molecule has 128 valence electrons. The molecule has 3 heteroatoms. The van der Waals surface area contributed by atoms with Crippen LogP contribution in [0.25, 0.3) is 0 Å². The highest BCUT2D eigenvalue weighted by atomic mass is 16.5. The average molecular weight is 309 g/mol. The van der Waals surface area contributed by atoms with E-state index in [4.69, 9.17) is 4.74 Å². The Hall–Kier alpha value is -0.570. The standard InChI is InChI=1S/C19H35NO2/c1-12(2)17-8-7-9-20(17)19(21)18(13(3)4)16-10-14(5)22-15(6)11-16/h12-18H,7-11H2,1-6H3/t14?,15?,16?,17-,18?/m0/s1. The molecule has 0 aromatic rings. The zero-order valence-corrected chi connectivity index (χ0v) is 15.3.